The molecule has 0 aliphatic carbocycles. The van der Waals surface area contributed by atoms with Crippen molar-refractivity contribution in [2.75, 3.05) is 11.5 Å². The summed E-state index contributed by atoms with van der Waals surface area (Å²) in [6.45, 7) is 4.15. The smallest absolute Gasteiger partial charge is 0.180 e. The van der Waals surface area contributed by atoms with Gasteiger partial charge in [-0.1, -0.05) is 25.4 Å². The molecule has 2 N–H and O–H groups in total. The molecule has 17 heavy (non-hydrogen) atoms. The molecular weight excluding hydrogens is 258 g/mol. The highest BCUT2D eigenvalue weighted by Crippen LogP contribution is 2.24. The van der Waals surface area contributed by atoms with Crippen LogP contribution in [0.4, 0.5) is 5.69 Å². The summed E-state index contributed by atoms with van der Waals surface area (Å²) in [5, 5.41) is 0.448. The molecule has 0 unspecified atom stereocenters. The quantitative estimate of drug-likeness (QED) is 0.840. The summed E-state index contributed by atoms with van der Waals surface area (Å²) in [5.74, 6) is 0.643. The minimum Gasteiger partial charge on any atom is -0.398 e. The van der Waals surface area contributed by atoms with Crippen molar-refractivity contribution in [1.82, 2.24) is 0 Å². The van der Waals surface area contributed by atoms with E-state index in [9.17, 15) is 8.42 Å². The summed E-state index contributed by atoms with van der Waals surface area (Å²) in [6, 6.07) is 4.49. The zero-order valence-electron chi connectivity index (χ0n) is 10.1. The Hall–Kier alpha value is -0.740. The molecule has 0 aromatic heterocycles. The Bertz CT molecular complexity index is 483. The molecule has 0 atom stereocenters. The van der Waals surface area contributed by atoms with Gasteiger partial charge in [0, 0.05) is 5.02 Å². The maximum Gasteiger partial charge on any atom is 0.180 e. The van der Waals surface area contributed by atoms with Crippen LogP contribution in [0.5, 0.6) is 0 Å². The minimum atomic E-state index is -3.29. The van der Waals surface area contributed by atoms with Crippen LogP contribution >= 0.6 is 11.6 Å². The summed E-state index contributed by atoms with van der Waals surface area (Å²) < 4.78 is 24.0. The summed E-state index contributed by atoms with van der Waals surface area (Å²) in [6.07, 6.45) is 1.55. The second-order valence-electron chi connectivity index (χ2n) is 4.54. The standard InChI is InChI=1S/C12H18ClNO2S/c1-9(2)4-3-7-17(15,16)12-6-5-10(13)8-11(12)14/h5-6,8-9H,3-4,7,14H2,1-2H3. The van der Waals surface area contributed by atoms with Crippen molar-refractivity contribution in [2.45, 2.75) is 31.6 Å². The second kappa shape index (κ2) is 5.74. The Balaban J connectivity index is 2.83. The lowest BCUT2D eigenvalue weighted by Gasteiger charge is -2.08. The Morgan fingerprint density at radius 2 is 2.00 bits per heavy atom. The highest BCUT2D eigenvalue weighted by Gasteiger charge is 2.17. The molecule has 1 aromatic rings. The molecule has 0 bridgehead atoms. The van der Waals surface area contributed by atoms with Gasteiger partial charge in [0.1, 0.15) is 0 Å². The molecule has 0 fully saturated rings. The van der Waals surface area contributed by atoms with Crippen LogP contribution in [-0.4, -0.2) is 14.2 Å². The Kier molecular flexibility index (Phi) is 4.83. The van der Waals surface area contributed by atoms with E-state index in [2.05, 4.69) is 13.8 Å². The number of anilines is 1. The molecule has 0 saturated heterocycles. The number of hydrogen-bond donors (Lipinski definition) is 1. The molecule has 0 saturated carbocycles. The van der Waals surface area contributed by atoms with Crippen molar-refractivity contribution in [2.24, 2.45) is 5.92 Å². The van der Waals surface area contributed by atoms with Gasteiger partial charge in [0.2, 0.25) is 0 Å². The van der Waals surface area contributed by atoms with Gasteiger partial charge in [-0.15, -0.1) is 0 Å². The monoisotopic (exact) mass is 275 g/mol. The fourth-order valence-electron chi connectivity index (χ4n) is 1.59. The van der Waals surface area contributed by atoms with Gasteiger partial charge >= 0.3 is 0 Å². The predicted molar refractivity (Wildman–Crippen MR) is 72.0 cm³/mol. The first kappa shape index (κ1) is 14.3. The third-order valence-electron chi connectivity index (χ3n) is 2.50. The van der Waals surface area contributed by atoms with Gasteiger partial charge in [-0.2, -0.15) is 0 Å². The molecule has 1 rings (SSSR count). The van der Waals surface area contributed by atoms with Crippen molar-refractivity contribution < 1.29 is 8.42 Å². The molecule has 5 heteroatoms. The SMILES string of the molecule is CC(C)CCCS(=O)(=O)c1ccc(Cl)cc1N. The van der Waals surface area contributed by atoms with Gasteiger partial charge in [0.05, 0.1) is 16.3 Å². The normalized spacial score (nSPS) is 12.0. The van der Waals surface area contributed by atoms with E-state index in [1.54, 1.807) is 6.07 Å². The lowest BCUT2D eigenvalue weighted by Crippen LogP contribution is -2.10. The molecule has 0 heterocycles. The van der Waals surface area contributed by atoms with Gasteiger partial charge < -0.3 is 5.73 Å². The number of nitrogen functional groups attached to an aromatic ring is 1. The molecule has 1 aromatic carbocycles. The number of sulfone groups is 1. The molecule has 0 amide bonds. The Morgan fingerprint density at radius 1 is 1.35 bits per heavy atom. The van der Waals surface area contributed by atoms with Gasteiger partial charge in [-0.25, -0.2) is 8.42 Å². The largest absolute Gasteiger partial charge is 0.398 e. The van der Waals surface area contributed by atoms with Crippen molar-refractivity contribution in [3.05, 3.63) is 23.2 Å². The van der Waals surface area contributed by atoms with Gasteiger partial charge in [0.15, 0.2) is 9.84 Å². The first-order chi connectivity index (χ1) is 7.83. The fraction of sp³-hybridized carbons (Fsp3) is 0.500. The topological polar surface area (TPSA) is 60.2 Å². The Labute approximate surface area is 108 Å². The number of halogens is 1. The number of nitrogens with two attached hydrogens (primary N) is 1. The molecule has 96 valence electrons. The third kappa shape index (κ3) is 4.21. The minimum absolute atomic E-state index is 0.136. The van der Waals surface area contributed by atoms with Crippen molar-refractivity contribution in [3.63, 3.8) is 0 Å². The lowest BCUT2D eigenvalue weighted by molar-refractivity contribution is 0.560. The maximum absolute atomic E-state index is 12.0. The van der Waals surface area contributed by atoms with Crippen LogP contribution < -0.4 is 5.73 Å². The second-order valence-corrected chi connectivity index (χ2v) is 7.05. The van der Waals surface area contributed by atoms with Crippen molar-refractivity contribution in [3.8, 4) is 0 Å². The van der Waals surface area contributed by atoms with E-state index in [4.69, 9.17) is 17.3 Å². The van der Waals surface area contributed by atoms with E-state index < -0.39 is 9.84 Å². The average Bonchev–Trinajstić information content (AvgIpc) is 2.15. The average molecular weight is 276 g/mol. The van der Waals surface area contributed by atoms with Crippen LogP contribution in [0.3, 0.4) is 0 Å². The first-order valence-electron chi connectivity index (χ1n) is 5.60. The Morgan fingerprint density at radius 3 is 2.53 bits per heavy atom. The molecule has 0 spiro atoms. The van der Waals surface area contributed by atoms with Crippen LogP contribution in [0.1, 0.15) is 26.7 Å². The summed E-state index contributed by atoms with van der Waals surface area (Å²) in [5.41, 5.74) is 5.90. The predicted octanol–water partition coefficient (Wildman–Crippen LogP) is 3.13. The summed E-state index contributed by atoms with van der Waals surface area (Å²) in [7, 11) is -3.29. The van der Waals surface area contributed by atoms with Crippen molar-refractivity contribution in [1.29, 1.82) is 0 Å². The van der Waals surface area contributed by atoms with E-state index in [-0.39, 0.29) is 16.3 Å². The molecular formula is C12H18ClNO2S. The number of benzene rings is 1. The fourth-order valence-corrected chi connectivity index (χ4v) is 3.23. The van der Waals surface area contributed by atoms with Crippen LogP contribution in [-0.2, 0) is 9.84 Å². The summed E-state index contributed by atoms with van der Waals surface area (Å²) in [4.78, 5) is 0.186. The molecule has 0 radical (unpaired) electrons. The van der Waals surface area contributed by atoms with Crippen LogP contribution in [0, 0.1) is 5.92 Å². The zero-order valence-corrected chi connectivity index (χ0v) is 11.7. The van der Waals surface area contributed by atoms with E-state index in [0.717, 1.165) is 6.42 Å². The zero-order chi connectivity index (χ0) is 13.1. The van der Waals surface area contributed by atoms with E-state index >= 15 is 0 Å². The molecule has 0 aliphatic heterocycles. The van der Waals surface area contributed by atoms with E-state index in [1.807, 2.05) is 0 Å². The van der Waals surface area contributed by atoms with Gasteiger partial charge in [-0.05, 0) is 37.0 Å². The molecule has 0 aliphatic rings. The lowest BCUT2D eigenvalue weighted by atomic mass is 10.1. The first-order valence-corrected chi connectivity index (χ1v) is 7.64. The van der Waals surface area contributed by atoms with Crippen LogP contribution in [0.2, 0.25) is 5.02 Å². The van der Waals surface area contributed by atoms with Crippen LogP contribution in [0.25, 0.3) is 0 Å². The maximum atomic E-state index is 12.0. The van der Waals surface area contributed by atoms with Crippen molar-refractivity contribution >= 4 is 27.1 Å². The molecule has 3 nitrogen and oxygen atoms in total. The van der Waals surface area contributed by atoms with Gasteiger partial charge in [0.25, 0.3) is 0 Å². The number of rotatable bonds is 5. The van der Waals surface area contributed by atoms with E-state index in [0.29, 0.717) is 17.4 Å². The third-order valence-corrected chi connectivity index (χ3v) is 4.60. The van der Waals surface area contributed by atoms with Gasteiger partial charge in [-0.3, -0.25) is 0 Å². The summed E-state index contributed by atoms with van der Waals surface area (Å²) >= 11 is 5.74. The van der Waals surface area contributed by atoms with Crippen LogP contribution in [0.15, 0.2) is 23.1 Å². The highest BCUT2D eigenvalue weighted by atomic mass is 35.5. The van der Waals surface area contributed by atoms with E-state index in [1.165, 1.54) is 12.1 Å². The number of hydrogen-bond acceptors (Lipinski definition) is 3. The highest BCUT2D eigenvalue weighted by molar-refractivity contribution is 7.91.